The van der Waals surface area contributed by atoms with Gasteiger partial charge in [0.2, 0.25) is 5.91 Å². The molecule has 4 N–H and O–H groups in total. The van der Waals surface area contributed by atoms with Gasteiger partial charge in [0.05, 0.1) is 6.04 Å². The van der Waals surface area contributed by atoms with Gasteiger partial charge >= 0.3 is 0 Å². The Bertz CT molecular complexity index is 371. The van der Waals surface area contributed by atoms with E-state index in [0.29, 0.717) is 12.5 Å². The smallest absolute Gasteiger partial charge is 0.236 e. The van der Waals surface area contributed by atoms with Crippen LogP contribution in [-0.2, 0) is 11.2 Å². The molecule has 0 aliphatic heterocycles. The number of hydrogen-bond acceptors (Lipinski definition) is 3. The highest BCUT2D eigenvalue weighted by atomic mass is 16.2. The van der Waals surface area contributed by atoms with Crippen LogP contribution in [0.15, 0.2) is 12.4 Å². The zero-order chi connectivity index (χ0) is 13.5. The van der Waals surface area contributed by atoms with E-state index < -0.39 is 0 Å². The number of carbonyl (C=O) groups is 1. The van der Waals surface area contributed by atoms with Crippen LogP contribution in [0.4, 0.5) is 0 Å². The Hall–Kier alpha value is -1.36. The van der Waals surface area contributed by atoms with Crippen molar-refractivity contribution in [2.24, 2.45) is 11.7 Å². The quantitative estimate of drug-likeness (QED) is 0.725. The van der Waals surface area contributed by atoms with E-state index in [1.165, 1.54) is 32.1 Å². The van der Waals surface area contributed by atoms with Gasteiger partial charge in [0.15, 0.2) is 0 Å². The first kappa shape index (κ1) is 14.1. The lowest BCUT2D eigenvalue weighted by molar-refractivity contribution is -0.122. The second-order valence-corrected chi connectivity index (χ2v) is 5.42. The summed E-state index contributed by atoms with van der Waals surface area (Å²) in [5, 5.41) is 2.89. The first-order valence-corrected chi connectivity index (χ1v) is 7.27. The molecule has 5 nitrogen and oxygen atoms in total. The molecule has 19 heavy (non-hydrogen) atoms. The van der Waals surface area contributed by atoms with Gasteiger partial charge in [-0.1, -0.05) is 32.1 Å². The number of aromatic nitrogens is 2. The maximum atomic E-state index is 11.9. The van der Waals surface area contributed by atoms with E-state index in [1.807, 2.05) is 0 Å². The molecule has 1 atom stereocenters. The van der Waals surface area contributed by atoms with Crippen molar-refractivity contribution < 1.29 is 4.79 Å². The summed E-state index contributed by atoms with van der Waals surface area (Å²) in [7, 11) is 0. The number of amides is 1. The predicted molar refractivity (Wildman–Crippen MR) is 74.5 cm³/mol. The molecule has 1 unspecified atom stereocenters. The Kier molecular flexibility index (Phi) is 5.39. The molecule has 1 heterocycles. The predicted octanol–water partition coefficient (Wildman–Crippen LogP) is 1.37. The van der Waals surface area contributed by atoms with Gasteiger partial charge in [-0.3, -0.25) is 4.79 Å². The van der Waals surface area contributed by atoms with E-state index >= 15 is 0 Å². The van der Waals surface area contributed by atoms with Crippen molar-refractivity contribution in [1.29, 1.82) is 0 Å². The molecular weight excluding hydrogens is 240 g/mol. The summed E-state index contributed by atoms with van der Waals surface area (Å²) in [6, 6.07) is -0.361. The maximum Gasteiger partial charge on any atom is 0.236 e. The van der Waals surface area contributed by atoms with Crippen molar-refractivity contribution in [3.8, 4) is 0 Å². The van der Waals surface area contributed by atoms with E-state index in [1.54, 1.807) is 12.4 Å². The summed E-state index contributed by atoms with van der Waals surface area (Å²) in [6.45, 7) is 0.588. The number of carbonyl (C=O) groups excluding carboxylic acids is 1. The second kappa shape index (κ2) is 7.28. The minimum Gasteiger partial charge on any atom is -0.354 e. The molecule has 106 valence electrons. The van der Waals surface area contributed by atoms with Crippen molar-refractivity contribution in [1.82, 2.24) is 15.3 Å². The van der Waals surface area contributed by atoms with Crippen LogP contribution in [0.1, 0.15) is 44.3 Å². The Balaban J connectivity index is 1.64. The van der Waals surface area contributed by atoms with E-state index in [9.17, 15) is 4.79 Å². The van der Waals surface area contributed by atoms with Crippen LogP contribution in [0.5, 0.6) is 0 Å². The number of rotatable bonds is 6. The number of nitrogens with one attached hydrogen (secondary N) is 2. The van der Waals surface area contributed by atoms with Crippen LogP contribution in [0.3, 0.4) is 0 Å². The van der Waals surface area contributed by atoms with Crippen LogP contribution in [-0.4, -0.2) is 28.5 Å². The topological polar surface area (TPSA) is 83.8 Å². The largest absolute Gasteiger partial charge is 0.354 e. The monoisotopic (exact) mass is 264 g/mol. The van der Waals surface area contributed by atoms with Gasteiger partial charge in [-0.05, 0) is 12.3 Å². The number of H-pyrrole nitrogens is 1. The lowest BCUT2D eigenvalue weighted by Crippen LogP contribution is -2.42. The molecule has 1 aliphatic carbocycles. The molecule has 5 heteroatoms. The lowest BCUT2D eigenvalue weighted by Gasteiger charge is -2.24. The third-order valence-corrected chi connectivity index (χ3v) is 3.86. The normalized spacial score (nSPS) is 18.2. The minimum absolute atomic E-state index is 0.0304. The third kappa shape index (κ3) is 4.67. The highest BCUT2D eigenvalue weighted by Gasteiger charge is 2.20. The summed E-state index contributed by atoms with van der Waals surface area (Å²) in [6.07, 6.45) is 11.4. The van der Waals surface area contributed by atoms with Gasteiger partial charge in [0, 0.05) is 25.4 Å². The van der Waals surface area contributed by atoms with Gasteiger partial charge in [-0.15, -0.1) is 0 Å². The van der Waals surface area contributed by atoms with Crippen molar-refractivity contribution in [2.45, 2.75) is 51.0 Å². The van der Waals surface area contributed by atoms with Crippen LogP contribution in [0, 0.1) is 5.92 Å². The zero-order valence-corrected chi connectivity index (χ0v) is 11.4. The van der Waals surface area contributed by atoms with E-state index in [-0.39, 0.29) is 11.9 Å². The zero-order valence-electron chi connectivity index (χ0n) is 11.4. The Morgan fingerprint density at radius 1 is 1.47 bits per heavy atom. The second-order valence-electron chi connectivity index (χ2n) is 5.42. The van der Waals surface area contributed by atoms with Crippen LogP contribution in [0.2, 0.25) is 0 Å². The maximum absolute atomic E-state index is 11.9. The molecule has 2 rings (SSSR count). The van der Waals surface area contributed by atoms with Gasteiger partial charge in [0.1, 0.15) is 5.82 Å². The molecule has 0 spiro atoms. The summed E-state index contributed by atoms with van der Waals surface area (Å²) in [5.74, 6) is 1.50. The van der Waals surface area contributed by atoms with E-state index in [0.717, 1.165) is 18.7 Å². The van der Waals surface area contributed by atoms with E-state index in [2.05, 4.69) is 15.3 Å². The average molecular weight is 264 g/mol. The van der Waals surface area contributed by atoms with Crippen molar-refractivity contribution in [3.05, 3.63) is 18.2 Å². The number of aromatic amines is 1. The SMILES string of the molecule is NC(CC1CCCCC1)C(=O)NCCc1ncc[nH]1. The molecule has 0 aromatic carbocycles. The van der Waals surface area contributed by atoms with Crippen LogP contribution in [0.25, 0.3) is 0 Å². The van der Waals surface area contributed by atoms with Crippen LogP contribution >= 0.6 is 0 Å². The summed E-state index contributed by atoms with van der Waals surface area (Å²) >= 11 is 0. The molecule has 0 radical (unpaired) electrons. The molecule has 1 fully saturated rings. The van der Waals surface area contributed by atoms with Crippen LogP contribution < -0.4 is 11.1 Å². The van der Waals surface area contributed by atoms with Gasteiger partial charge < -0.3 is 16.0 Å². The molecular formula is C14H24N4O. The molecule has 1 aromatic rings. The fourth-order valence-electron chi connectivity index (χ4n) is 2.76. The summed E-state index contributed by atoms with van der Waals surface area (Å²) in [4.78, 5) is 19.0. The van der Waals surface area contributed by atoms with Gasteiger partial charge in [-0.2, -0.15) is 0 Å². The molecule has 1 amide bonds. The van der Waals surface area contributed by atoms with Gasteiger partial charge in [0.25, 0.3) is 0 Å². The fraction of sp³-hybridized carbons (Fsp3) is 0.714. The summed E-state index contributed by atoms with van der Waals surface area (Å²) < 4.78 is 0. The van der Waals surface area contributed by atoms with Crippen molar-refractivity contribution >= 4 is 5.91 Å². The average Bonchev–Trinajstić information content (AvgIpc) is 2.93. The highest BCUT2D eigenvalue weighted by molar-refractivity contribution is 5.81. The summed E-state index contributed by atoms with van der Waals surface area (Å²) in [5.41, 5.74) is 5.97. The number of imidazole rings is 1. The first-order chi connectivity index (χ1) is 9.25. The third-order valence-electron chi connectivity index (χ3n) is 3.86. The Morgan fingerprint density at radius 2 is 2.26 bits per heavy atom. The van der Waals surface area contributed by atoms with E-state index in [4.69, 9.17) is 5.73 Å². The highest BCUT2D eigenvalue weighted by Crippen LogP contribution is 2.26. The molecule has 0 bridgehead atoms. The van der Waals surface area contributed by atoms with Crippen molar-refractivity contribution in [2.75, 3.05) is 6.54 Å². The standard InChI is InChI=1S/C14H24N4O/c15-12(10-11-4-2-1-3-5-11)14(19)18-7-6-13-16-8-9-17-13/h8-9,11-12H,1-7,10,15H2,(H,16,17)(H,18,19). The number of nitrogens with zero attached hydrogens (tertiary/aromatic N) is 1. The molecule has 1 aliphatic rings. The molecule has 1 saturated carbocycles. The van der Waals surface area contributed by atoms with Gasteiger partial charge in [-0.25, -0.2) is 4.98 Å². The fourth-order valence-corrected chi connectivity index (χ4v) is 2.76. The number of nitrogens with two attached hydrogens (primary N) is 1. The lowest BCUT2D eigenvalue weighted by atomic mass is 9.85. The Morgan fingerprint density at radius 3 is 2.95 bits per heavy atom. The minimum atomic E-state index is -0.361. The Labute approximate surface area is 114 Å². The van der Waals surface area contributed by atoms with Crippen molar-refractivity contribution in [3.63, 3.8) is 0 Å². The first-order valence-electron chi connectivity index (χ1n) is 7.27. The molecule has 0 saturated heterocycles. The molecule has 1 aromatic heterocycles. The number of hydrogen-bond donors (Lipinski definition) is 3.